The number of hydrogen-bond acceptors (Lipinski definition) is 1. The molecule has 0 bridgehead atoms. The molecule has 0 aliphatic rings. The summed E-state index contributed by atoms with van der Waals surface area (Å²) < 4.78 is 9.16. The van der Waals surface area contributed by atoms with Crippen LogP contribution in [0, 0.1) is 0 Å². The third-order valence-corrected chi connectivity index (χ3v) is 0.274. The van der Waals surface area contributed by atoms with Crippen LogP contribution >= 0.6 is 8.61 Å². The van der Waals surface area contributed by atoms with Crippen LogP contribution in [-0.4, -0.2) is 7.05 Å². The zero-order chi connectivity index (χ0) is 3.41. The van der Waals surface area contributed by atoms with Gasteiger partial charge in [0, 0.05) is 0 Å². The summed E-state index contributed by atoms with van der Waals surface area (Å²) in [6.07, 6.45) is 0. The van der Waals surface area contributed by atoms with E-state index in [1.54, 1.807) is 7.05 Å². The van der Waals surface area contributed by atoms with E-state index in [-0.39, 0.29) is 61.4 Å². The monoisotopic (exact) mass is 117 g/mol. The van der Waals surface area contributed by atoms with E-state index < -0.39 is 0 Å². The third-order valence-electron chi connectivity index (χ3n) is 0.0913. The van der Waals surface area contributed by atoms with E-state index in [0.29, 0.717) is 0 Å². The standard InChI is InChI=1S/CH4NOP.K.H/c1-2-4-3;;/h1H3,(H,2,3);;/q;+1;-1. The van der Waals surface area contributed by atoms with E-state index >= 15 is 0 Å². The zero-order valence-electron chi connectivity index (χ0n) is 4.36. The maximum absolute atomic E-state index is 9.16. The van der Waals surface area contributed by atoms with Gasteiger partial charge in [-0.25, -0.2) is 5.09 Å². The fourth-order valence-electron chi connectivity index (χ4n) is 0. The molecule has 0 saturated carbocycles. The molecular weight excluding hydrogens is 112 g/mol. The molecule has 0 aliphatic heterocycles. The number of hydrogen-bond donors (Lipinski definition) is 1. The molecule has 0 unspecified atom stereocenters. The summed E-state index contributed by atoms with van der Waals surface area (Å²) in [6, 6.07) is 0. The van der Waals surface area contributed by atoms with Crippen LogP contribution in [0.1, 0.15) is 1.43 Å². The van der Waals surface area contributed by atoms with Crippen molar-refractivity contribution in [2.45, 2.75) is 0 Å². The molecule has 0 spiro atoms. The topological polar surface area (TPSA) is 29.1 Å². The first-order valence-electron chi connectivity index (χ1n) is 0.906. The first-order valence-corrected chi connectivity index (χ1v) is 1.72. The van der Waals surface area contributed by atoms with Gasteiger partial charge in [0.1, 0.15) is 0 Å². The zero-order valence-corrected chi connectivity index (χ0v) is 7.37. The molecule has 0 atom stereocenters. The molecule has 0 aromatic heterocycles. The molecule has 0 aromatic carbocycles. The molecule has 0 aromatic rings. The summed E-state index contributed by atoms with van der Waals surface area (Å²) in [6.45, 7) is 0. The molecule has 0 rings (SSSR count). The third kappa shape index (κ3) is 10.7. The average Bonchev–Trinajstić information content (AvgIpc) is 1.37. The van der Waals surface area contributed by atoms with Crippen molar-refractivity contribution >= 4 is 8.61 Å². The molecule has 0 radical (unpaired) electrons. The number of nitrogens with one attached hydrogen (secondary N) is 1. The smallest absolute Gasteiger partial charge is 1.00 e. The maximum Gasteiger partial charge on any atom is 1.00 e. The van der Waals surface area contributed by atoms with Crippen molar-refractivity contribution in [2.75, 3.05) is 7.05 Å². The predicted molar refractivity (Wildman–Crippen MR) is 17.8 cm³/mol. The van der Waals surface area contributed by atoms with E-state index in [4.69, 9.17) is 4.57 Å². The molecule has 0 saturated heterocycles. The summed E-state index contributed by atoms with van der Waals surface area (Å²) in [5.41, 5.74) is 0. The van der Waals surface area contributed by atoms with Crippen molar-refractivity contribution in [3.05, 3.63) is 0 Å². The normalized spacial score (nSPS) is 6.60. The summed E-state index contributed by atoms with van der Waals surface area (Å²) in [7, 11) is 1.60. The van der Waals surface area contributed by atoms with Gasteiger partial charge in [-0.1, -0.05) is 0 Å². The molecule has 26 valence electrons. The first-order chi connectivity index (χ1) is 1.91. The SMILES string of the molecule is CNP=O.[H-].[K+]. The van der Waals surface area contributed by atoms with Crippen LogP contribution in [0.2, 0.25) is 0 Å². The molecule has 0 heterocycles. The largest absolute Gasteiger partial charge is 1.00 e. The Morgan fingerprint density at radius 2 is 2.20 bits per heavy atom. The molecule has 2 nitrogen and oxygen atoms in total. The second-order valence-electron chi connectivity index (χ2n) is 0.315. The van der Waals surface area contributed by atoms with E-state index in [1.807, 2.05) is 0 Å². The Kier molecular flexibility index (Phi) is 18.1. The van der Waals surface area contributed by atoms with Crippen molar-refractivity contribution in [3.63, 3.8) is 0 Å². The van der Waals surface area contributed by atoms with Gasteiger partial charge < -0.3 is 1.43 Å². The molecule has 0 fully saturated rings. The van der Waals surface area contributed by atoms with Crippen molar-refractivity contribution in [1.29, 1.82) is 0 Å². The fraction of sp³-hybridized carbons (Fsp3) is 1.00. The molecular formula is CH5KNOP. The van der Waals surface area contributed by atoms with Gasteiger partial charge in [0.15, 0.2) is 0 Å². The Morgan fingerprint density at radius 3 is 2.20 bits per heavy atom. The van der Waals surface area contributed by atoms with Crippen LogP contribution < -0.4 is 56.5 Å². The summed E-state index contributed by atoms with van der Waals surface area (Å²) in [5, 5.41) is 2.35. The minimum Gasteiger partial charge on any atom is -1.00 e. The van der Waals surface area contributed by atoms with Gasteiger partial charge in [0.2, 0.25) is 8.61 Å². The van der Waals surface area contributed by atoms with Gasteiger partial charge in [0.25, 0.3) is 0 Å². The predicted octanol–water partition coefficient (Wildman–Crippen LogP) is -2.47. The molecule has 0 aliphatic carbocycles. The summed E-state index contributed by atoms with van der Waals surface area (Å²) >= 11 is 0. The van der Waals surface area contributed by atoms with Crippen LogP contribution in [-0.2, 0) is 4.57 Å². The molecule has 1 N–H and O–H groups in total. The van der Waals surface area contributed by atoms with Crippen molar-refractivity contribution in [3.8, 4) is 0 Å². The van der Waals surface area contributed by atoms with Gasteiger partial charge in [-0.05, 0) is 7.05 Å². The maximum atomic E-state index is 9.16. The minimum absolute atomic E-state index is 0. The van der Waals surface area contributed by atoms with Gasteiger partial charge in [-0.15, -0.1) is 0 Å². The number of rotatable bonds is 1. The Morgan fingerprint density at radius 1 is 2.00 bits per heavy atom. The van der Waals surface area contributed by atoms with E-state index in [0.717, 1.165) is 0 Å². The van der Waals surface area contributed by atoms with Gasteiger partial charge in [0.05, 0.1) is 0 Å². The second kappa shape index (κ2) is 9.20. The molecule has 0 amide bonds. The second-order valence-corrected chi connectivity index (χ2v) is 0.945. The summed E-state index contributed by atoms with van der Waals surface area (Å²) in [4.78, 5) is 0. The van der Waals surface area contributed by atoms with Crippen molar-refractivity contribution < 1.29 is 57.4 Å². The Labute approximate surface area is 76.9 Å². The van der Waals surface area contributed by atoms with Crippen molar-refractivity contribution in [1.82, 2.24) is 5.09 Å². The van der Waals surface area contributed by atoms with E-state index in [1.165, 1.54) is 0 Å². The summed E-state index contributed by atoms with van der Waals surface area (Å²) in [5.74, 6) is 0. The Balaban J connectivity index is -0.0000000450. The quantitative estimate of drug-likeness (QED) is 0.304. The van der Waals surface area contributed by atoms with Crippen LogP contribution in [0.4, 0.5) is 0 Å². The van der Waals surface area contributed by atoms with Crippen LogP contribution in [0.3, 0.4) is 0 Å². The Hall–Kier alpha value is 1.70. The van der Waals surface area contributed by atoms with E-state index in [9.17, 15) is 0 Å². The van der Waals surface area contributed by atoms with Gasteiger partial charge in [-0.2, -0.15) is 0 Å². The van der Waals surface area contributed by atoms with Gasteiger partial charge in [-0.3, -0.25) is 4.57 Å². The van der Waals surface area contributed by atoms with Gasteiger partial charge >= 0.3 is 51.4 Å². The molecule has 5 heavy (non-hydrogen) atoms. The Bertz CT molecular complexity index is 29.5. The molecule has 4 heteroatoms. The fourth-order valence-corrected chi connectivity index (χ4v) is 0. The van der Waals surface area contributed by atoms with Crippen LogP contribution in [0.25, 0.3) is 0 Å². The van der Waals surface area contributed by atoms with Crippen LogP contribution in [0.5, 0.6) is 0 Å². The first kappa shape index (κ1) is 9.85. The van der Waals surface area contributed by atoms with E-state index in [2.05, 4.69) is 5.09 Å². The average molecular weight is 117 g/mol. The minimum atomic E-state index is -0.00154. The van der Waals surface area contributed by atoms with Crippen molar-refractivity contribution in [2.24, 2.45) is 0 Å². The van der Waals surface area contributed by atoms with Crippen LogP contribution in [0.15, 0.2) is 0 Å².